The molecule has 4 rings (SSSR count). The maximum Gasteiger partial charge on any atom is 0.573 e. The molecule has 1 heterocycles. The van der Waals surface area contributed by atoms with E-state index in [1.165, 1.54) is 73.3 Å². The van der Waals surface area contributed by atoms with Crippen molar-refractivity contribution in [2.24, 2.45) is 0 Å². The van der Waals surface area contributed by atoms with Gasteiger partial charge >= 0.3 is 18.5 Å². The van der Waals surface area contributed by atoms with Crippen LogP contribution in [0.1, 0.15) is 41.1 Å². The average Bonchev–Trinajstić information content (AvgIpc) is 3.31. The third-order valence-electron chi connectivity index (χ3n) is 6.16. The molecule has 0 aliphatic carbocycles. The van der Waals surface area contributed by atoms with E-state index in [1.54, 1.807) is 19.1 Å². The van der Waals surface area contributed by atoms with Crippen LogP contribution in [0.25, 0.3) is 10.6 Å². The minimum Gasteiger partial charge on any atom is -0.478 e. The van der Waals surface area contributed by atoms with Gasteiger partial charge in [-0.25, -0.2) is 9.78 Å². The Balaban J connectivity index is 1.58. The number of benzene rings is 3. The van der Waals surface area contributed by atoms with Crippen LogP contribution in [-0.2, 0) is 23.1 Å². The standard InChI is InChI=1S/C30H25F6NO4S2/c1-17-14-22(12-13-24(17)41-28(2,3)27(38)39)42-16-25-23(15-18-4-10-21(11-5-18)40-30(34,35)36)37-26(43-25)19-6-8-20(9-7-19)29(31,32)33/h4-14H,15-16H2,1-3H3,(H,38,39). The number of carboxylic acid groups (broad SMARTS) is 1. The van der Waals surface area contributed by atoms with Crippen LogP contribution in [0.4, 0.5) is 26.3 Å². The van der Waals surface area contributed by atoms with E-state index in [4.69, 9.17) is 4.74 Å². The van der Waals surface area contributed by atoms with Crippen LogP contribution in [0.5, 0.6) is 11.5 Å². The molecule has 43 heavy (non-hydrogen) atoms. The van der Waals surface area contributed by atoms with Crippen LogP contribution in [0.2, 0.25) is 0 Å². The molecule has 0 bridgehead atoms. The Morgan fingerprint density at radius 2 is 1.58 bits per heavy atom. The highest BCUT2D eigenvalue weighted by Crippen LogP contribution is 2.37. The van der Waals surface area contributed by atoms with E-state index in [-0.39, 0.29) is 12.2 Å². The Morgan fingerprint density at radius 3 is 2.14 bits per heavy atom. The molecule has 0 saturated carbocycles. The van der Waals surface area contributed by atoms with Crippen LogP contribution < -0.4 is 9.47 Å². The molecular formula is C30H25F6NO4S2. The first-order valence-electron chi connectivity index (χ1n) is 12.7. The summed E-state index contributed by atoms with van der Waals surface area (Å²) in [5, 5.41) is 9.85. The largest absolute Gasteiger partial charge is 0.573 e. The van der Waals surface area contributed by atoms with Crippen molar-refractivity contribution in [2.75, 3.05) is 0 Å². The van der Waals surface area contributed by atoms with Crippen molar-refractivity contribution in [1.29, 1.82) is 0 Å². The summed E-state index contributed by atoms with van der Waals surface area (Å²) in [6.07, 6.45) is -9.01. The van der Waals surface area contributed by atoms with Gasteiger partial charge in [0.25, 0.3) is 0 Å². The highest BCUT2D eigenvalue weighted by molar-refractivity contribution is 7.98. The van der Waals surface area contributed by atoms with Crippen molar-refractivity contribution in [1.82, 2.24) is 4.98 Å². The van der Waals surface area contributed by atoms with Crippen molar-refractivity contribution >= 4 is 29.1 Å². The highest BCUT2D eigenvalue weighted by atomic mass is 32.2. The predicted octanol–water partition coefficient (Wildman–Crippen LogP) is 9.16. The number of alkyl halides is 6. The van der Waals surface area contributed by atoms with Gasteiger partial charge in [-0.3, -0.25) is 0 Å². The van der Waals surface area contributed by atoms with Gasteiger partial charge < -0.3 is 14.6 Å². The van der Waals surface area contributed by atoms with Gasteiger partial charge in [0.1, 0.15) is 16.5 Å². The number of aryl methyl sites for hydroxylation is 1. The summed E-state index contributed by atoms with van der Waals surface area (Å²) in [6, 6.07) is 15.4. The Labute approximate surface area is 251 Å². The number of carbonyl (C=O) groups is 1. The molecule has 4 aromatic rings. The van der Waals surface area contributed by atoms with Crippen molar-refractivity contribution in [3.05, 3.63) is 94.0 Å². The molecule has 1 aromatic heterocycles. The van der Waals surface area contributed by atoms with E-state index < -0.39 is 29.7 Å². The second kappa shape index (κ2) is 12.5. The molecule has 13 heteroatoms. The maximum atomic E-state index is 13.1. The second-order valence-electron chi connectivity index (χ2n) is 9.97. The van der Waals surface area contributed by atoms with E-state index in [1.807, 2.05) is 6.07 Å². The molecule has 0 aliphatic heterocycles. The molecular weight excluding hydrogens is 616 g/mol. The molecule has 3 aromatic carbocycles. The number of nitrogens with zero attached hydrogens (tertiary/aromatic N) is 1. The summed E-state index contributed by atoms with van der Waals surface area (Å²) < 4.78 is 86.4. The van der Waals surface area contributed by atoms with Crippen molar-refractivity contribution in [3.63, 3.8) is 0 Å². The molecule has 0 atom stereocenters. The van der Waals surface area contributed by atoms with E-state index in [0.29, 0.717) is 33.3 Å². The quantitative estimate of drug-likeness (QED) is 0.138. The lowest BCUT2D eigenvalue weighted by Crippen LogP contribution is -2.38. The number of thiazole rings is 1. The first kappa shape index (κ1) is 32.2. The van der Waals surface area contributed by atoms with Crippen LogP contribution >= 0.6 is 23.1 Å². The van der Waals surface area contributed by atoms with Gasteiger partial charge in [-0.2, -0.15) is 13.2 Å². The Bertz CT molecular complexity index is 1580. The van der Waals surface area contributed by atoms with Gasteiger partial charge in [0.05, 0.1) is 11.3 Å². The molecule has 0 saturated heterocycles. The van der Waals surface area contributed by atoms with Gasteiger partial charge in [-0.05, 0) is 74.4 Å². The van der Waals surface area contributed by atoms with Crippen LogP contribution in [0, 0.1) is 6.92 Å². The number of aliphatic carboxylic acids is 1. The van der Waals surface area contributed by atoms with E-state index in [0.717, 1.165) is 27.5 Å². The van der Waals surface area contributed by atoms with Crippen molar-refractivity contribution in [2.45, 2.75) is 56.0 Å². The van der Waals surface area contributed by atoms with Crippen LogP contribution in [-0.4, -0.2) is 28.0 Å². The lowest BCUT2D eigenvalue weighted by Gasteiger charge is -2.23. The Morgan fingerprint density at radius 1 is 0.930 bits per heavy atom. The minimum absolute atomic E-state index is 0.273. The molecule has 0 spiro atoms. The molecule has 0 radical (unpaired) electrons. The molecule has 0 fully saturated rings. The first-order valence-corrected chi connectivity index (χ1v) is 14.5. The fourth-order valence-electron chi connectivity index (χ4n) is 3.86. The maximum absolute atomic E-state index is 13.1. The smallest absolute Gasteiger partial charge is 0.478 e. The monoisotopic (exact) mass is 641 g/mol. The third-order valence-corrected chi connectivity index (χ3v) is 8.51. The lowest BCUT2D eigenvalue weighted by atomic mass is 10.1. The normalized spacial score (nSPS) is 12.3. The van der Waals surface area contributed by atoms with Gasteiger partial charge in [-0.1, -0.05) is 24.3 Å². The minimum atomic E-state index is -4.81. The van der Waals surface area contributed by atoms with Gasteiger partial charge in [-0.15, -0.1) is 36.3 Å². The fraction of sp³-hybridized carbons (Fsp3) is 0.267. The van der Waals surface area contributed by atoms with Crippen molar-refractivity contribution < 1.29 is 45.7 Å². The summed E-state index contributed by atoms with van der Waals surface area (Å²) in [5.41, 5.74) is 0.348. The second-order valence-corrected chi connectivity index (χ2v) is 12.1. The zero-order valence-corrected chi connectivity index (χ0v) is 24.6. The number of thioether (sulfide) groups is 1. The van der Waals surface area contributed by atoms with Gasteiger partial charge in [0.2, 0.25) is 0 Å². The number of halogens is 6. The summed E-state index contributed by atoms with van der Waals surface area (Å²) in [7, 11) is 0. The van der Waals surface area contributed by atoms with Crippen molar-refractivity contribution in [3.8, 4) is 22.1 Å². The lowest BCUT2D eigenvalue weighted by molar-refractivity contribution is -0.274. The summed E-state index contributed by atoms with van der Waals surface area (Å²) >= 11 is 2.79. The number of ether oxygens (including phenoxy) is 2. The van der Waals surface area contributed by atoms with Gasteiger partial charge in [0.15, 0.2) is 5.60 Å². The molecule has 0 amide bonds. The third kappa shape index (κ3) is 8.66. The zero-order chi connectivity index (χ0) is 31.6. The average molecular weight is 642 g/mol. The number of carboxylic acids is 1. The SMILES string of the molecule is Cc1cc(SCc2sc(-c3ccc(C(F)(F)F)cc3)nc2Cc2ccc(OC(F)(F)F)cc2)ccc1OC(C)(C)C(=O)O. The molecule has 228 valence electrons. The zero-order valence-electron chi connectivity index (χ0n) is 23.0. The number of aromatic nitrogens is 1. The first-order chi connectivity index (χ1) is 20.0. The fourth-order valence-corrected chi connectivity index (χ4v) is 6.04. The topological polar surface area (TPSA) is 68.7 Å². The summed E-state index contributed by atoms with van der Waals surface area (Å²) in [4.78, 5) is 17.8. The summed E-state index contributed by atoms with van der Waals surface area (Å²) in [6.45, 7) is 4.70. The van der Waals surface area contributed by atoms with Crippen LogP contribution in [0.15, 0.2) is 71.6 Å². The number of rotatable bonds is 10. The molecule has 0 unspecified atom stereocenters. The van der Waals surface area contributed by atoms with E-state index in [9.17, 15) is 36.2 Å². The van der Waals surface area contributed by atoms with E-state index in [2.05, 4.69) is 9.72 Å². The molecule has 5 nitrogen and oxygen atoms in total. The van der Waals surface area contributed by atoms with E-state index >= 15 is 0 Å². The summed E-state index contributed by atoms with van der Waals surface area (Å²) in [5.74, 6) is -0.583. The predicted molar refractivity (Wildman–Crippen MR) is 152 cm³/mol. The Kier molecular flexibility index (Phi) is 9.36. The van der Waals surface area contributed by atoms with Gasteiger partial charge in [0, 0.05) is 27.5 Å². The molecule has 1 N–H and O–H groups in total. The number of hydrogen-bond acceptors (Lipinski definition) is 6. The molecule has 0 aliphatic rings. The Hall–Kier alpha value is -3.71. The number of hydrogen-bond donors (Lipinski definition) is 1. The van der Waals surface area contributed by atoms with Crippen LogP contribution in [0.3, 0.4) is 0 Å². The highest BCUT2D eigenvalue weighted by Gasteiger charge is 2.32.